The van der Waals surface area contributed by atoms with Crippen molar-refractivity contribution in [3.63, 3.8) is 0 Å². The third-order valence-electron chi connectivity index (χ3n) is 3.78. The van der Waals surface area contributed by atoms with Gasteiger partial charge >= 0.3 is 0 Å². The second-order valence-corrected chi connectivity index (χ2v) is 5.60. The fraction of sp³-hybridized carbons (Fsp3) is 0.211. The second-order valence-electron chi connectivity index (χ2n) is 5.60. The number of aryl methyl sites for hydroxylation is 1. The van der Waals surface area contributed by atoms with Crippen LogP contribution in [0.2, 0.25) is 0 Å². The molecule has 5 nitrogen and oxygen atoms in total. The Morgan fingerprint density at radius 1 is 1.00 bits per heavy atom. The predicted molar refractivity (Wildman–Crippen MR) is 93.2 cm³/mol. The van der Waals surface area contributed by atoms with Crippen molar-refractivity contribution in [2.75, 3.05) is 6.54 Å². The summed E-state index contributed by atoms with van der Waals surface area (Å²) in [6.07, 6.45) is 4.42. The molecule has 3 rings (SSSR count). The standard InChI is InChI=1S/C19H20N4O/c24-19(21-11-4-12-23-15-20-14-22-23)13-16-7-9-18(10-8-16)17-5-2-1-3-6-17/h1-3,5-10,14-15H,4,11-13H2,(H,21,24). The summed E-state index contributed by atoms with van der Waals surface area (Å²) in [4.78, 5) is 15.9. The average molecular weight is 320 g/mol. The molecule has 0 bridgehead atoms. The van der Waals surface area contributed by atoms with Gasteiger partial charge in [-0.25, -0.2) is 4.98 Å². The number of rotatable bonds is 7. The van der Waals surface area contributed by atoms with Crippen molar-refractivity contribution in [2.45, 2.75) is 19.4 Å². The highest BCUT2D eigenvalue weighted by molar-refractivity contribution is 5.78. The molecule has 0 fully saturated rings. The van der Waals surface area contributed by atoms with Crippen molar-refractivity contribution >= 4 is 5.91 Å². The number of benzene rings is 2. The van der Waals surface area contributed by atoms with Crippen molar-refractivity contribution in [2.24, 2.45) is 0 Å². The molecule has 1 N–H and O–H groups in total. The largest absolute Gasteiger partial charge is 0.356 e. The molecule has 1 amide bonds. The molecule has 0 saturated carbocycles. The molecule has 0 saturated heterocycles. The van der Waals surface area contributed by atoms with Crippen LogP contribution in [-0.4, -0.2) is 27.2 Å². The molecular weight excluding hydrogens is 300 g/mol. The molecule has 0 radical (unpaired) electrons. The van der Waals surface area contributed by atoms with Gasteiger partial charge in [0, 0.05) is 13.1 Å². The third kappa shape index (κ3) is 4.52. The highest BCUT2D eigenvalue weighted by Crippen LogP contribution is 2.19. The molecule has 0 unspecified atom stereocenters. The summed E-state index contributed by atoms with van der Waals surface area (Å²) in [6, 6.07) is 18.4. The van der Waals surface area contributed by atoms with E-state index in [4.69, 9.17) is 0 Å². The van der Waals surface area contributed by atoms with Crippen LogP contribution in [-0.2, 0) is 17.8 Å². The normalized spacial score (nSPS) is 10.5. The number of hydrogen-bond acceptors (Lipinski definition) is 3. The van der Waals surface area contributed by atoms with Crippen molar-refractivity contribution in [1.29, 1.82) is 0 Å². The van der Waals surface area contributed by atoms with Crippen LogP contribution in [0.15, 0.2) is 67.3 Å². The van der Waals surface area contributed by atoms with Gasteiger partial charge in [0.15, 0.2) is 0 Å². The number of nitrogens with one attached hydrogen (secondary N) is 1. The zero-order valence-corrected chi connectivity index (χ0v) is 13.4. The lowest BCUT2D eigenvalue weighted by Gasteiger charge is -2.07. The van der Waals surface area contributed by atoms with Crippen molar-refractivity contribution in [1.82, 2.24) is 20.1 Å². The Balaban J connectivity index is 1.44. The Bertz CT molecular complexity index is 752. The van der Waals surface area contributed by atoms with Crippen LogP contribution in [0, 0.1) is 0 Å². The number of carbonyl (C=O) groups is 1. The summed E-state index contributed by atoms with van der Waals surface area (Å²) in [6.45, 7) is 1.40. The van der Waals surface area contributed by atoms with Crippen molar-refractivity contribution < 1.29 is 4.79 Å². The molecule has 0 aliphatic heterocycles. The van der Waals surface area contributed by atoms with E-state index in [0.717, 1.165) is 24.1 Å². The van der Waals surface area contributed by atoms with Crippen LogP contribution in [0.1, 0.15) is 12.0 Å². The molecule has 24 heavy (non-hydrogen) atoms. The van der Waals surface area contributed by atoms with Gasteiger partial charge in [0.1, 0.15) is 12.7 Å². The van der Waals surface area contributed by atoms with Gasteiger partial charge in [0.05, 0.1) is 6.42 Å². The van der Waals surface area contributed by atoms with E-state index in [1.165, 1.54) is 11.9 Å². The Labute approximate surface area is 141 Å². The number of carbonyl (C=O) groups excluding carboxylic acids is 1. The Morgan fingerprint density at radius 3 is 2.46 bits per heavy atom. The van der Waals surface area contributed by atoms with Gasteiger partial charge in [-0.3, -0.25) is 9.48 Å². The summed E-state index contributed by atoms with van der Waals surface area (Å²) >= 11 is 0. The molecule has 5 heteroatoms. The fourth-order valence-electron chi connectivity index (χ4n) is 2.51. The third-order valence-corrected chi connectivity index (χ3v) is 3.78. The summed E-state index contributed by atoms with van der Waals surface area (Å²) < 4.78 is 1.76. The van der Waals surface area contributed by atoms with E-state index < -0.39 is 0 Å². The van der Waals surface area contributed by atoms with E-state index >= 15 is 0 Å². The molecule has 0 spiro atoms. The van der Waals surface area contributed by atoms with E-state index in [2.05, 4.69) is 39.7 Å². The van der Waals surface area contributed by atoms with Gasteiger partial charge in [0.2, 0.25) is 5.91 Å². The zero-order valence-electron chi connectivity index (χ0n) is 13.4. The molecule has 2 aromatic carbocycles. The van der Waals surface area contributed by atoms with Gasteiger partial charge in [0.25, 0.3) is 0 Å². The van der Waals surface area contributed by atoms with E-state index in [-0.39, 0.29) is 5.91 Å². The van der Waals surface area contributed by atoms with Crippen LogP contribution in [0.5, 0.6) is 0 Å². The van der Waals surface area contributed by atoms with Gasteiger partial charge in [-0.1, -0.05) is 54.6 Å². The molecule has 0 atom stereocenters. The Kier molecular flexibility index (Phi) is 5.35. The molecule has 0 aliphatic rings. The van der Waals surface area contributed by atoms with Gasteiger partial charge < -0.3 is 5.32 Å². The van der Waals surface area contributed by atoms with Crippen LogP contribution < -0.4 is 5.32 Å². The summed E-state index contributed by atoms with van der Waals surface area (Å²) in [5.74, 6) is 0.0426. The summed E-state index contributed by atoms with van der Waals surface area (Å²) in [5.41, 5.74) is 3.36. The maximum Gasteiger partial charge on any atom is 0.224 e. The lowest BCUT2D eigenvalue weighted by atomic mass is 10.0. The second kappa shape index (κ2) is 8.06. The maximum atomic E-state index is 12.0. The first-order chi connectivity index (χ1) is 11.8. The van der Waals surface area contributed by atoms with Crippen LogP contribution in [0.4, 0.5) is 0 Å². The summed E-state index contributed by atoms with van der Waals surface area (Å²) in [7, 11) is 0. The lowest BCUT2D eigenvalue weighted by molar-refractivity contribution is -0.120. The lowest BCUT2D eigenvalue weighted by Crippen LogP contribution is -2.26. The minimum Gasteiger partial charge on any atom is -0.356 e. The Morgan fingerprint density at radius 2 is 1.75 bits per heavy atom. The average Bonchev–Trinajstić information content (AvgIpc) is 3.14. The first-order valence-electron chi connectivity index (χ1n) is 8.05. The highest BCUT2D eigenvalue weighted by atomic mass is 16.1. The van der Waals surface area contributed by atoms with E-state index in [1.807, 2.05) is 30.3 Å². The predicted octanol–water partition coefficient (Wildman–Crippen LogP) is 2.69. The van der Waals surface area contributed by atoms with Gasteiger partial charge in [-0.15, -0.1) is 0 Å². The fourth-order valence-corrected chi connectivity index (χ4v) is 2.51. The SMILES string of the molecule is O=C(Cc1ccc(-c2ccccc2)cc1)NCCCn1cncn1. The molecule has 3 aromatic rings. The van der Waals surface area contributed by atoms with E-state index in [9.17, 15) is 4.79 Å². The smallest absolute Gasteiger partial charge is 0.224 e. The highest BCUT2D eigenvalue weighted by Gasteiger charge is 2.04. The van der Waals surface area contributed by atoms with Crippen LogP contribution in [0.25, 0.3) is 11.1 Å². The van der Waals surface area contributed by atoms with Crippen molar-refractivity contribution in [3.05, 3.63) is 72.8 Å². The summed E-state index contributed by atoms with van der Waals surface area (Å²) in [5, 5.41) is 6.97. The molecule has 1 aromatic heterocycles. The number of amides is 1. The first kappa shape index (κ1) is 15.9. The van der Waals surface area contributed by atoms with Gasteiger partial charge in [-0.05, 0) is 23.1 Å². The monoisotopic (exact) mass is 320 g/mol. The number of hydrogen-bond donors (Lipinski definition) is 1. The maximum absolute atomic E-state index is 12.0. The minimum atomic E-state index is 0.0426. The van der Waals surface area contributed by atoms with E-state index in [0.29, 0.717) is 13.0 Å². The van der Waals surface area contributed by atoms with Crippen molar-refractivity contribution in [3.8, 4) is 11.1 Å². The molecular formula is C19H20N4O. The topological polar surface area (TPSA) is 59.8 Å². The zero-order chi connectivity index (χ0) is 16.6. The molecule has 1 heterocycles. The van der Waals surface area contributed by atoms with E-state index in [1.54, 1.807) is 11.0 Å². The molecule has 122 valence electrons. The first-order valence-corrected chi connectivity index (χ1v) is 8.05. The number of nitrogens with zero attached hydrogens (tertiary/aromatic N) is 3. The number of aromatic nitrogens is 3. The van der Waals surface area contributed by atoms with Crippen LogP contribution >= 0.6 is 0 Å². The van der Waals surface area contributed by atoms with Gasteiger partial charge in [-0.2, -0.15) is 5.10 Å². The van der Waals surface area contributed by atoms with Crippen LogP contribution in [0.3, 0.4) is 0 Å². The quantitative estimate of drug-likeness (QED) is 0.681. The molecule has 0 aliphatic carbocycles. The Hall–Kier alpha value is -2.95. The minimum absolute atomic E-state index is 0.0426.